The van der Waals surface area contributed by atoms with Crippen LogP contribution < -0.4 is 5.73 Å². The standard InChI is InChI=1S/C14H19ClN2O/c1-2-17(13(18)14(16)8-5-9-14)10-11-6-3-4-7-12(11)15/h3-4,6-7H,2,5,8-10,16H2,1H3. The predicted octanol–water partition coefficient (Wildman–Crippen LogP) is 2.57. The van der Waals surface area contributed by atoms with E-state index in [9.17, 15) is 4.79 Å². The second-order valence-electron chi connectivity index (χ2n) is 4.92. The number of hydrogen-bond donors (Lipinski definition) is 1. The first-order chi connectivity index (χ1) is 8.57. The molecular weight excluding hydrogens is 248 g/mol. The number of amides is 1. The van der Waals surface area contributed by atoms with Gasteiger partial charge in [-0.05, 0) is 37.8 Å². The molecule has 1 aliphatic carbocycles. The van der Waals surface area contributed by atoms with E-state index >= 15 is 0 Å². The van der Waals surface area contributed by atoms with Gasteiger partial charge in [0.2, 0.25) is 5.91 Å². The Labute approximate surface area is 113 Å². The number of benzene rings is 1. The van der Waals surface area contributed by atoms with Gasteiger partial charge < -0.3 is 10.6 Å². The molecular formula is C14H19ClN2O. The molecule has 1 amide bonds. The summed E-state index contributed by atoms with van der Waals surface area (Å²) < 4.78 is 0. The van der Waals surface area contributed by atoms with Crippen molar-refractivity contribution in [2.45, 2.75) is 38.3 Å². The summed E-state index contributed by atoms with van der Waals surface area (Å²) in [6.07, 6.45) is 2.64. The van der Waals surface area contributed by atoms with E-state index in [1.54, 1.807) is 4.90 Å². The number of hydrogen-bond acceptors (Lipinski definition) is 2. The van der Waals surface area contributed by atoms with Crippen LogP contribution in [0.15, 0.2) is 24.3 Å². The van der Waals surface area contributed by atoms with E-state index < -0.39 is 5.54 Å². The van der Waals surface area contributed by atoms with Crippen molar-refractivity contribution in [2.75, 3.05) is 6.54 Å². The van der Waals surface area contributed by atoms with E-state index in [4.69, 9.17) is 17.3 Å². The van der Waals surface area contributed by atoms with Crippen molar-refractivity contribution in [3.8, 4) is 0 Å². The fourth-order valence-corrected chi connectivity index (χ4v) is 2.44. The van der Waals surface area contributed by atoms with E-state index in [0.717, 1.165) is 24.8 Å². The zero-order chi connectivity index (χ0) is 13.2. The molecule has 18 heavy (non-hydrogen) atoms. The molecule has 1 saturated carbocycles. The Kier molecular flexibility index (Phi) is 3.93. The van der Waals surface area contributed by atoms with Gasteiger partial charge in [0, 0.05) is 18.1 Å². The lowest BCUT2D eigenvalue weighted by Gasteiger charge is -2.40. The van der Waals surface area contributed by atoms with Gasteiger partial charge in [0.1, 0.15) is 0 Å². The van der Waals surface area contributed by atoms with Gasteiger partial charge in [0.15, 0.2) is 0 Å². The van der Waals surface area contributed by atoms with E-state index in [-0.39, 0.29) is 5.91 Å². The molecule has 1 aromatic rings. The Morgan fingerprint density at radius 2 is 2.11 bits per heavy atom. The van der Waals surface area contributed by atoms with Gasteiger partial charge in [-0.1, -0.05) is 29.8 Å². The molecule has 0 saturated heterocycles. The molecule has 0 atom stereocenters. The highest BCUT2D eigenvalue weighted by atomic mass is 35.5. The van der Waals surface area contributed by atoms with E-state index in [1.807, 2.05) is 31.2 Å². The third-order valence-corrected chi connectivity index (χ3v) is 4.03. The van der Waals surface area contributed by atoms with E-state index in [0.29, 0.717) is 18.1 Å². The van der Waals surface area contributed by atoms with Gasteiger partial charge in [0.05, 0.1) is 5.54 Å². The number of carbonyl (C=O) groups is 1. The van der Waals surface area contributed by atoms with Gasteiger partial charge in [-0.15, -0.1) is 0 Å². The zero-order valence-corrected chi connectivity index (χ0v) is 11.4. The van der Waals surface area contributed by atoms with Gasteiger partial charge in [0.25, 0.3) is 0 Å². The first-order valence-electron chi connectivity index (χ1n) is 6.38. The molecule has 2 N–H and O–H groups in total. The maximum Gasteiger partial charge on any atom is 0.242 e. The molecule has 0 unspecified atom stereocenters. The van der Waals surface area contributed by atoms with Crippen LogP contribution in [0.4, 0.5) is 0 Å². The van der Waals surface area contributed by atoms with Crippen molar-refractivity contribution in [1.29, 1.82) is 0 Å². The van der Waals surface area contributed by atoms with Gasteiger partial charge in [-0.2, -0.15) is 0 Å². The quantitative estimate of drug-likeness (QED) is 0.910. The van der Waals surface area contributed by atoms with Crippen LogP contribution in [0.25, 0.3) is 0 Å². The minimum Gasteiger partial charge on any atom is -0.337 e. The molecule has 98 valence electrons. The molecule has 0 radical (unpaired) electrons. The number of rotatable bonds is 4. The first kappa shape index (κ1) is 13.4. The van der Waals surface area contributed by atoms with Crippen molar-refractivity contribution >= 4 is 17.5 Å². The van der Waals surface area contributed by atoms with E-state index in [2.05, 4.69) is 0 Å². The lowest BCUT2D eigenvalue weighted by molar-refractivity contribution is -0.140. The third-order valence-electron chi connectivity index (χ3n) is 3.66. The lowest BCUT2D eigenvalue weighted by Crippen LogP contribution is -2.59. The largest absolute Gasteiger partial charge is 0.337 e. The normalized spacial score (nSPS) is 17.1. The van der Waals surface area contributed by atoms with Crippen molar-refractivity contribution in [1.82, 2.24) is 4.90 Å². The number of halogens is 1. The number of nitrogens with two attached hydrogens (primary N) is 1. The highest BCUT2D eigenvalue weighted by Crippen LogP contribution is 2.31. The number of carbonyl (C=O) groups excluding carboxylic acids is 1. The van der Waals surface area contributed by atoms with Crippen LogP contribution in [-0.4, -0.2) is 22.9 Å². The molecule has 0 bridgehead atoms. The summed E-state index contributed by atoms with van der Waals surface area (Å²) in [7, 11) is 0. The SMILES string of the molecule is CCN(Cc1ccccc1Cl)C(=O)C1(N)CCC1. The topological polar surface area (TPSA) is 46.3 Å². The highest BCUT2D eigenvalue weighted by Gasteiger charge is 2.42. The third kappa shape index (κ3) is 2.52. The molecule has 0 aliphatic heterocycles. The van der Waals surface area contributed by atoms with Gasteiger partial charge >= 0.3 is 0 Å². The monoisotopic (exact) mass is 266 g/mol. The minimum atomic E-state index is -0.628. The molecule has 1 fully saturated rings. The Morgan fingerprint density at radius 1 is 1.44 bits per heavy atom. The second-order valence-corrected chi connectivity index (χ2v) is 5.33. The smallest absolute Gasteiger partial charge is 0.242 e. The highest BCUT2D eigenvalue weighted by molar-refractivity contribution is 6.31. The summed E-state index contributed by atoms with van der Waals surface area (Å²) in [5.41, 5.74) is 6.43. The zero-order valence-electron chi connectivity index (χ0n) is 10.7. The molecule has 1 aromatic carbocycles. The predicted molar refractivity (Wildman–Crippen MR) is 73.3 cm³/mol. The summed E-state index contributed by atoms with van der Waals surface area (Å²) >= 11 is 6.12. The van der Waals surface area contributed by atoms with Gasteiger partial charge in [-0.3, -0.25) is 4.79 Å². The van der Waals surface area contributed by atoms with Crippen LogP contribution >= 0.6 is 11.6 Å². The Hall–Kier alpha value is -1.06. The van der Waals surface area contributed by atoms with Crippen molar-refractivity contribution in [3.63, 3.8) is 0 Å². The summed E-state index contributed by atoms with van der Waals surface area (Å²) in [5, 5.41) is 0.698. The van der Waals surface area contributed by atoms with Crippen molar-refractivity contribution in [3.05, 3.63) is 34.9 Å². The fourth-order valence-electron chi connectivity index (χ4n) is 2.25. The van der Waals surface area contributed by atoms with Crippen LogP contribution in [0.5, 0.6) is 0 Å². The summed E-state index contributed by atoms with van der Waals surface area (Å²) in [6, 6.07) is 7.61. The van der Waals surface area contributed by atoms with Gasteiger partial charge in [-0.25, -0.2) is 0 Å². The summed E-state index contributed by atoms with van der Waals surface area (Å²) in [5.74, 6) is 0.0520. The molecule has 0 spiro atoms. The maximum absolute atomic E-state index is 12.4. The average molecular weight is 267 g/mol. The summed E-state index contributed by atoms with van der Waals surface area (Å²) in [4.78, 5) is 14.1. The lowest BCUT2D eigenvalue weighted by atomic mass is 9.76. The first-order valence-corrected chi connectivity index (χ1v) is 6.76. The Morgan fingerprint density at radius 3 is 2.61 bits per heavy atom. The fraction of sp³-hybridized carbons (Fsp3) is 0.500. The minimum absolute atomic E-state index is 0.0520. The van der Waals surface area contributed by atoms with E-state index in [1.165, 1.54) is 0 Å². The Balaban J connectivity index is 2.10. The molecule has 4 heteroatoms. The van der Waals surface area contributed by atoms with Crippen LogP contribution in [0, 0.1) is 0 Å². The van der Waals surface area contributed by atoms with Crippen LogP contribution in [0.2, 0.25) is 5.02 Å². The molecule has 0 aromatic heterocycles. The number of nitrogens with zero attached hydrogens (tertiary/aromatic N) is 1. The van der Waals surface area contributed by atoms with Crippen molar-refractivity contribution in [2.24, 2.45) is 5.73 Å². The second kappa shape index (κ2) is 5.29. The van der Waals surface area contributed by atoms with Crippen molar-refractivity contribution < 1.29 is 4.79 Å². The summed E-state index contributed by atoms with van der Waals surface area (Å²) in [6.45, 7) is 3.16. The van der Waals surface area contributed by atoms with Crippen LogP contribution in [0.3, 0.4) is 0 Å². The molecule has 0 heterocycles. The van der Waals surface area contributed by atoms with Crippen LogP contribution in [0.1, 0.15) is 31.7 Å². The molecule has 3 nitrogen and oxygen atoms in total. The average Bonchev–Trinajstić information content (AvgIpc) is 2.34. The Bertz CT molecular complexity index is 443. The maximum atomic E-state index is 12.4. The molecule has 1 aliphatic rings. The number of likely N-dealkylation sites (N-methyl/N-ethyl adjacent to an activating group) is 1. The van der Waals surface area contributed by atoms with Crippen LogP contribution in [-0.2, 0) is 11.3 Å². The molecule has 2 rings (SSSR count).